The topological polar surface area (TPSA) is 79.8 Å². The van der Waals surface area contributed by atoms with Crippen LogP contribution in [-0.2, 0) is 4.74 Å². The molecule has 1 fully saturated rings. The van der Waals surface area contributed by atoms with Gasteiger partial charge in [0.1, 0.15) is 5.52 Å². The summed E-state index contributed by atoms with van der Waals surface area (Å²) in [6.07, 6.45) is 3.68. The van der Waals surface area contributed by atoms with E-state index in [4.69, 9.17) is 9.72 Å². The Balaban J connectivity index is 1.30. The Bertz CT molecular complexity index is 1420. The predicted octanol–water partition coefficient (Wildman–Crippen LogP) is 4.38. The molecule has 0 radical (unpaired) electrons. The number of nitrogens with zero attached hydrogens (tertiary/aromatic N) is 5. The summed E-state index contributed by atoms with van der Waals surface area (Å²) in [6, 6.07) is 16.7. The molecule has 4 heterocycles. The van der Waals surface area contributed by atoms with Crippen molar-refractivity contribution in [3.63, 3.8) is 0 Å². The van der Waals surface area contributed by atoms with E-state index < -0.39 is 0 Å². The van der Waals surface area contributed by atoms with Crippen LogP contribution in [-0.4, -0.2) is 51.5 Å². The number of fused-ring (bicyclic) bond motifs is 2. The Hall–Kier alpha value is -3.84. The molecule has 0 spiro atoms. The molecule has 1 aliphatic heterocycles. The molecule has 6 rings (SSSR count). The lowest BCUT2D eigenvalue weighted by molar-refractivity contribution is 0.122. The predicted molar refractivity (Wildman–Crippen MR) is 126 cm³/mol. The molecule has 3 aromatic heterocycles. The van der Waals surface area contributed by atoms with Gasteiger partial charge in [-0.2, -0.15) is 5.10 Å². The number of aromatic amines is 1. The van der Waals surface area contributed by atoms with E-state index in [0.29, 0.717) is 5.65 Å². The molecular weight excluding hydrogens is 400 g/mol. The van der Waals surface area contributed by atoms with Gasteiger partial charge < -0.3 is 9.64 Å². The van der Waals surface area contributed by atoms with E-state index in [-0.39, 0.29) is 0 Å². The van der Waals surface area contributed by atoms with Gasteiger partial charge in [0.15, 0.2) is 5.65 Å². The van der Waals surface area contributed by atoms with Crippen molar-refractivity contribution in [1.82, 2.24) is 25.1 Å². The Morgan fingerprint density at radius 3 is 2.50 bits per heavy atom. The maximum absolute atomic E-state index is 5.44. The molecule has 32 heavy (non-hydrogen) atoms. The van der Waals surface area contributed by atoms with E-state index in [1.54, 1.807) is 0 Å². The van der Waals surface area contributed by atoms with Gasteiger partial charge in [0.25, 0.3) is 0 Å². The monoisotopic (exact) mass is 422 g/mol. The molecule has 1 saturated heterocycles. The minimum absolute atomic E-state index is 0.643. The molecule has 158 valence electrons. The maximum Gasteiger partial charge on any atom is 0.178 e. The van der Waals surface area contributed by atoms with E-state index in [0.717, 1.165) is 70.8 Å². The molecule has 1 N–H and O–H groups in total. The SMILES string of the molecule is Cc1[nH]nc2ccc(-c3cnc4nc(-c5ccc(N6CCOCC6)cc5)cnc4c3)cc12. The molecular formula is C25H22N6O. The van der Waals surface area contributed by atoms with E-state index in [1.807, 2.05) is 31.5 Å². The van der Waals surface area contributed by atoms with Crippen LogP contribution in [0.1, 0.15) is 5.69 Å². The highest BCUT2D eigenvalue weighted by atomic mass is 16.5. The number of pyridine rings is 1. The first-order valence-electron chi connectivity index (χ1n) is 10.8. The fraction of sp³-hybridized carbons (Fsp3) is 0.200. The molecule has 1 aliphatic rings. The lowest BCUT2D eigenvalue weighted by Gasteiger charge is -2.28. The van der Waals surface area contributed by atoms with Gasteiger partial charge in [0.05, 0.1) is 30.6 Å². The largest absolute Gasteiger partial charge is 0.378 e. The second-order valence-corrected chi connectivity index (χ2v) is 8.05. The minimum atomic E-state index is 0.643. The zero-order chi connectivity index (χ0) is 21.5. The lowest BCUT2D eigenvalue weighted by Crippen LogP contribution is -2.36. The van der Waals surface area contributed by atoms with E-state index in [1.165, 1.54) is 5.69 Å². The Kier molecular flexibility index (Phi) is 4.54. The van der Waals surface area contributed by atoms with Crippen molar-refractivity contribution in [2.45, 2.75) is 6.92 Å². The molecule has 0 aliphatic carbocycles. The average Bonchev–Trinajstić information content (AvgIpc) is 3.24. The number of aromatic nitrogens is 5. The van der Waals surface area contributed by atoms with Gasteiger partial charge in [0.2, 0.25) is 0 Å². The lowest BCUT2D eigenvalue weighted by atomic mass is 10.0. The third kappa shape index (κ3) is 3.36. The number of hydrogen-bond donors (Lipinski definition) is 1. The van der Waals surface area contributed by atoms with Crippen LogP contribution >= 0.6 is 0 Å². The van der Waals surface area contributed by atoms with Gasteiger partial charge in [-0.15, -0.1) is 0 Å². The van der Waals surface area contributed by atoms with Gasteiger partial charge in [-0.1, -0.05) is 18.2 Å². The first kappa shape index (κ1) is 18.9. The fourth-order valence-electron chi connectivity index (χ4n) is 4.18. The Morgan fingerprint density at radius 2 is 1.66 bits per heavy atom. The summed E-state index contributed by atoms with van der Waals surface area (Å²) >= 11 is 0. The third-order valence-corrected chi connectivity index (χ3v) is 6.02. The molecule has 0 amide bonds. The molecule has 0 atom stereocenters. The van der Waals surface area contributed by atoms with Crippen LogP contribution in [0, 0.1) is 6.92 Å². The summed E-state index contributed by atoms with van der Waals surface area (Å²) in [5.74, 6) is 0. The second kappa shape index (κ2) is 7.69. The van der Waals surface area contributed by atoms with Gasteiger partial charge >= 0.3 is 0 Å². The fourth-order valence-corrected chi connectivity index (χ4v) is 4.18. The van der Waals surface area contributed by atoms with Crippen molar-refractivity contribution in [2.75, 3.05) is 31.2 Å². The number of hydrogen-bond acceptors (Lipinski definition) is 6. The van der Waals surface area contributed by atoms with Crippen LogP contribution in [0.2, 0.25) is 0 Å². The summed E-state index contributed by atoms with van der Waals surface area (Å²) in [6.45, 7) is 5.43. The highest BCUT2D eigenvalue weighted by Gasteiger charge is 2.12. The zero-order valence-electron chi connectivity index (χ0n) is 17.7. The highest BCUT2D eigenvalue weighted by molar-refractivity contribution is 5.88. The molecule has 0 bridgehead atoms. The Morgan fingerprint density at radius 1 is 0.844 bits per heavy atom. The van der Waals surface area contributed by atoms with Crippen molar-refractivity contribution in [2.24, 2.45) is 0 Å². The van der Waals surface area contributed by atoms with Crippen LogP contribution in [0.5, 0.6) is 0 Å². The number of morpholine rings is 1. The number of aryl methyl sites for hydroxylation is 1. The highest BCUT2D eigenvalue weighted by Crippen LogP contribution is 2.27. The van der Waals surface area contributed by atoms with Crippen LogP contribution in [0.3, 0.4) is 0 Å². The van der Waals surface area contributed by atoms with Crippen molar-refractivity contribution in [3.05, 3.63) is 66.6 Å². The number of benzene rings is 2. The van der Waals surface area contributed by atoms with Crippen molar-refractivity contribution in [3.8, 4) is 22.4 Å². The van der Waals surface area contributed by atoms with Crippen molar-refractivity contribution in [1.29, 1.82) is 0 Å². The first-order chi connectivity index (χ1) is 15.7. The molecule has 0 saturated carbocycles. The number of rotatable bonds is 3. The van der Waals surface area contributed by atoms with Gasteiger partial charge in [-0.25, -0.2) is 9.97 Å². The molecule has 7 heteroatoms. The van der Waals surface area contributed by atoms with Crippen LogP contribution in [0.15, 0.2) is 60.9 Å². The van der Waals surface area contributed by atoms with Crippen molar-refractivity contribution >= 4 is 27.8 Å². The Labute approximate surface area is 185 Å². The van der Waals surface area contributed by atoms with Crippen LogP contribution < -0.4 is 4.90 Å². The van der Waals surface area contributed by atoms with Crippen LogP contribution in [0.25, 0.3) is 44.5 Å². The normalized spacial score (nSPS) is 14.3. The number of anilines is 1. The summed E-state index contributed by atoms with van der Waals surface area (Å²) in [7, 11) is 0. The number of H-pyrrole nitrogens is 1. The van der Waals surface area contributed by atoms with Gasteiger partial charge in [0, 0.05) is 47.2 Å². The van der Waals surface area contributed by atoms with Gasteiger partial charge in [-0.3, -0.25) is 10.1 Å². The van der Waals surface area contributed by atoms with E-state index >= 15 is 0 Å². The summed E-state index contributed by atoms with van der Waals surface area (Å²) in [5.41, 5.74) is 8.59. The summed E-state index contributed by atoms with van der Waals surface area (Å²) in [4.78, 5) is 16.4. The average molecular weight is 422 g/mol. The number of nitrogens with one attached hydrogen (secondary N) is 1. The second-order valence-electron chi connectivity index (χ2n) is 8.05. The van der Waals surface area contributed by atoms with Gasteiger partial charge in [-0.05, 0) is 42.8 Å². The van der Waals surface area contributed by atoms with Crippen molar-refractivity contribution < 1.29 is 4.74 Å². The summed E-state index contributed by atoms with van der Waals surface area (Å²) in [5, 5.41) is 8.45. The zero-order valence-corrected chi connectivity index (χ0v) is 17.7. The minimum Gasteiger partial charge on any atom is -0.378 e. The molecule has 7 nitrogen and oxygen atoms in total. The summed E-state index contributed by atoms with van der Waals surface area (Å²) < 4.78 is 5.44. The smallest absolute Gasteiger partial charge is 0.178 e. The first-order valence-corrected chi connectivity index (χ1v) is 10.8. The third-order valence-electron chi connectivity index (χ3n) is 6.02. The standard InChI is InChI=1S/C25H22N6O/c1-16-21-12-18(4-7-22(21)30-29-16)19-13-23-25(27-14-19)28-24(15-26-23)17-2-5-20(6-3-17)31-8-10-32-11-9-31/h2-7,12-15H,8-11H2,1H3,(H,29,30). The molecule has 2 aromatic carbocycles. The quantitative estimate of drug-likeness (QED) is 0.465. The van der Waals surface area contributed by atoms with E-state index in [9.17, 15) is 0 Å². The van der Waals surface area contributed by atoms with Crippen LogP contribution in [0.4, 0.5) is 5.69 Å². The number of ether oxygens (including phenoxy) is 1. The van der Waals surface area contributed by atoms with E-state index in [2.05, 4.69) is 61.5 Å². The molecule has 0 unspecified atom stereocenters. The molecule has 5 aromatic rings. The maximum atomic E-state index is 5.44.